The van der Waals surface area contributed by atoms with Crippen molar-refractivity contribution in [3.63, 3.8) is 0 Å². The summed E-state index contributed by atoms with van der Waals surface area (Å²) in [7, 11) is 0. The van der Waals surface area contributed by atoms with Crippen LogP contribution in [-0.2, 0) is 9.68 Å². The number of carbonyl (C=O) groups excluding carboxylic acids is 1. The van der Waals surface area contributed by atoms with Crippen LogP contribution in [0.2, 0.25) is 0 Å². The fourth-order valence-electron chi connectivity index (χ4n) is 0.346. The van der Waals surface area contributed by atoms with Gasteiger partial charge in [0.05, 0.1) is 0 Å². The van der Waals surface area contributed by atoms with E-state index in [0.717, 1.165) is 0 Å². The minimum Gasteiger partial charge on any atom is -0.295 e. The molecule has 0 bridgehead atoms. The number of hydrogen-bond donors (Lipinski definition) is 1. The Bertz CT molecular complexity index is 213. The largest absolute Gasteiger partial charge is 0.428 e. The maximum Gasteiger partial charge on any atom is 0.428 e. The van der Waals surface area contributed by atoms with Crippen molar-refractivity contribution < 1.29 is 36.9 Å². The summed E-state index contributed by atoms with van der Waals surface area (Å²) >= 11 is 0. The van der Waals surface area contributed by atoms with Gasteiger partial charge in [-0.3, -0.25) is 4.89 Å². The van der Waals surface area contributed by atoms with Gasteiger partial charge in [0, 0.05) is 0 Å². The highest BCUT2D eigenvalue weighted by Gasteiger charge is 2.44. The Morgan fingerprint density at radius 2 is 1.67 bits per heavy atom. The average Bonchev–Trinajstić information content (AvgIpc) is 1.83. The van der Waals surface area contributed by atoms with Crippen molar-refractivity contribution in [1.82, 2.24) is 0 Å². The van der Waals surface area contributed by atoms with Crippen molar-refractivity contribution in [2.45, 2.75) is 6.18 Å². The van der Waals surface area contributed by atoms with E-state index in [1.54, 1.807) is 0 Å². The number of halogens is 5. The van der Waals surface area contributed by atoms with Gasteiger partial charge >= 0.3 is 12.1 Å². The molecule has 1 N–H and O–H groups in total. The van der Waals surface area contributed by atoms with Crippen LogP contribution in [0, 0.1) is 0 Å². The van der Waals surface area contributed by atoms with Gasteiger partial charge < -0.3 is 0 Å². The molecule has 70 valence electrons. The summed E-state index contributed by atoms with van der Waals surface area (Å²) < 4.78 is 57.1. The minimum absolute atomic E-state index is 2.50. The van der Waals surface area contributed by atoms with Crippen LogP contribution in [0.15, 0.2) is 11.7 Å². The maximum atomic E-state index is 11.5. The Kier molecular flexibility index (Phi) is 3.14. The summed E-state index contributed by atoms with van der Waals surface area (Å²) in [5, 5.41) is 7.40. The number of carbonyl (C=O) groups is 1. The lowest BCUT2D eigenvalue weighted by atomic mass is 10.3. The number of hydrogen-bond acceptors (Lipinski definition) is 3. The molecule has 0 radical (unpaired) electrons. The summed E-state index contributed by atoms with van der Waals surface area (Å²) in [5.41, 5.74) is -2.81. The number of alkyl halides is 3. The van der Waals surface area contributed by atoms with Crippen LogP contribution in [0.3, 0.4) is 0 Å². The highest BCUT2D eigenvalue weighted by atomic mass is 19.4. The van der Waals surface area contributed by atoms with E-state index < -0.39 is 23.8 Å². The molecule has 0 spiro atoms. The second kappa shape index (κ2) is 3.48. The van der Waals surface area contributed by atoms with E-state index >= 15 is 0 Å². The lowest BCUT2D eigenvalue weighted by Crippen LogP contribution is -2.22. The zero-order valence-electron chi connectivity index (χ0n) is 5.15. The Labute approximate surface area is 62.0 Å². The van der Waals surface area contributed by atoms with Crippen molar-refractivity contribution >= 4 is 5.97 Å². The highest BCUT2D eigenvalue weighted by molar-refractivity contribution is 5.89. The fraction of sp³-hybridized carbons (Fsp3) is 0.250. The summed E-state index contributed by atoms with van der Waals surface area (Å²) in [6.07, 6.45) is -8.81. The summed E-state index contributed by atoms with van der Waals surface area (Å²) in [5.74, 6) is -2.54. The molecule has 0 saturated carbocycles. The van der Waals surface area contributed by atoms with Crippen molar-refractivity contribution in [1.29, 1.82) is 0 Å². The minimum atomic E-state index is -5.54. The van der Waals surface area contributed by atoms with Gasteiger partial charge in [-0.05, 0) is 0 Å². The molecule has 0 unspecified atom stereocenters. The van der Waals surface area contributed by atoms with E-state index in [2.05, 4.69) is 4.89 Å². The summed E-state index contributed by atoms with van der Waals surface area (Å²) in [4.78, 5) is 12.4. The monoisotopic (exact) mass is 192 g/mol. The Morgan fingerprint density at radius 1 is 1.25 bits per heavy atom. The standard InChI is InChI=1S/C4HF5O3/c5-2(6)1(3(10)12-11)4(7,8)9/h11H. The van der Waals surface area contributed by atoms with Crippen molar-refractivity contribution in [2.75, 3.05) is 0 Å². The molecule has 12 heavy (non-hydrogen) atoms. The molecule has 0 fully saturated rings. The SMILES string of the molecule is O=C(OO)C(=C(F)F)C(F)(F)F. The zero-order chi connectivity index (χ0) is 9.94. The molecule has 0 atom stereocenters. The first-order valence-electron chi connectivity index (χ1n) is 2.29. The second-order valence-corrected chi connectivity index (χ2v) is 1.51. The third-order valence-electron chi connectivity index (χ3n) is 0.759. The zero-order valence-corrected chi connectivity index (χ0v) is 5.15. The van der Waals surface area contributed by atoms with Gasteiger partial charge in [0.25, 0.3) is 6.08 Å². The lowest BCUT2D eigenvalue weighted by molar-refractivity contribution is -0.235. The van der Waals surface area contributed by atoms with Crippen LogP contribution in [0.25, 0.3) is 0 Å². The normalized spacial score (nSPS) is 10.8. The van der Waals surface area contributed by atoms with E-state index in [9.17, 15) is 26.7 Å². The predicted octanol–water partition coefficient (Wildman–Crippen LogP) is 1.72. The molecule has 8 heteroatoms. The van der Waals surface area contributed by atoms with Gasteiger partial charge in [0.15, 0.2) is 0 Å². The molecule has 0 aliphatic carbocycles. The average molecular weight is 192 g/mol. The molecule has 0 saturated heterocycles. The summed E-state index contributed by atoms with van der Waals surface area (Å²) in [6.45, 7) is 0. The molecule has 0 aliphatic heterocycles. The van der Waals surface area contributed by atoms with Crippen LogP contribution in [0.1, 0.15) is 0 Å². The van der Waals surface area contributed by atoms with Crippen LogP contribution < -0.4 is 0 Å². The molecular formula is C4HF5O3. The Balaban J connectivity index is 4.97. The first-order chi connectivity index (χ1) is 5.30. The van der Waals surface area contributed by atoms with Crippen LogP contribution in [-0.4, -0.2) is 17.4 Å². The van der Waals surface area contributed by atoms with E-state index in [-0.39, 0.29) is 0 Å². The van der Waals surface area contributed by atoms with Gasteiger partial charge in [-0.25, -0.2) is 4.79 Å². The Morgan fingerprint density at radius 3 is 1.75 bits per heavy atom. The van der Waals surface area contributed by atoms with Crippen LogP contribution in [0.5, 0.6) is 0 Å². The molecule has 0 amide bonds. The third-order valence-corrected chi connectivity index (χ3v) is 0.759. The van der Waals surface area contributed by atoms with Crippen molar-refractivity contribution in [3.05, 3.63) is 11.7 Å². The summed E-state index contributed by atoms with van der Waals surface area (Å²) in [6, 6.07) is 0. The quantitative estimate of drug-likeness (QED) is 0.297. The lowest BCUT2D eigenvalue weighted by Gasteiger charge is -2.05. The van der Waals surface area contributed by atoms with E-state index in [1.165, 1.54) is 0 Å². The molecule has 0 aromatic carbocycles. The molecule has 3 nitrogen and oxygen atoms in total. The van der Waals surface area contributed by atoms with Gasteiger partial charge in [-0.15, -0.1) is 0 Å². The molecule has 0 aliphatic rings. The second-order valence-electron chi connectivity index (χ2n) is 1.51. The molecule has 0 aromatic heterocycles. The highest BCUT2D eigenvalue weighted by Crippen LogP contribution is 2.29. The molecule has 0 rings (SSSR count). The van der Waals surface area contributed by atoms with Gasteiger partial charge in [0.1, 0.15) is 0 Å². The predicted molar refractivity (Wildman–Crippen MR) is 24.0 cm³/mol. The van der Waals surface area contributed by atoms with Crippen LogP contribution >= 0.6 is 0 Å². The fourth-order valence-corrected chi connectivity index (χ4v) is 0.346. The molecule has 0 heterocycles. The van der Waals surface area contributed by atoms with E-state index in [1.807, 2.05) is 0 Å². The first kappa shape index (κ1) is 10.8. The smallest absolute Gasteiger partial charge is 0.295 e. The van der Waals surface area contributed by atoms with E-state index in [4.69, 9.17) is 5.26 Å². The third kappa shape index (κ3) is 2.46. The van der Waals surface area contributed by atoms with Crippen molar-refractivity contribution in [2.24, 2.45) is 0 Å². The van der Waals surface area contributed by atoms with Crippen molar-refractivity contribution in [3.8, 4) is 0 Å². The van der Waals surface area contributed by atoms with Gasteiger partial charge in [0.2, 0.25) is 5.57 Å². The van der Waals surface area contributed by atoms with Gasteiger partial charge in [-0.1, -0.05) is 0 Å². The molecule has 0 aromatic rings. The number of rotatable bonds is 1. The van der Waals surface area contributed by atoms with Gasteiger partial charge in [-0.2, -0.15) is 27.2 Å². The first-order valence-corrected chi connectivity index (χ1v) is 2.29. The van der Waals surface area contributed by atoms with E-state index in [0.29, 0.717) is 0 Å². The Hall–Kier alpha value is -1.18. The van der Waals surface area contributed by atoms with Crippen LogP contribution in [0.4, 0.5) is 22.0 Å². The maximum absolute atomic E-state index is 11.5. The molecular weight excluding hydrogens is 191 g/mol. The topological polar surface area (TPSA) is 46.5 Å².